The third-order valence-corrected chi connectivity index (χ3v) is 5.87. The predicted octanol–water partition coefficient (Wildman–Crippen LogP) is 3.48. The lowest BCUT2D eigenvalue weighted by Gasteiger charge is -2.11. The normalized spacial score (nSPS) is 11.1. The molecule has 0 bridgehead atoms. The van der Waals surface area contributed by atoms with Gasteiger partial charge < -0.3 is 24.2 Å². The molecule has 3 aromatic heterocycles. The van der Waals surface area contributed by atoms with Gasteiger partial charge in [-0.25, -0.2) is 14.6 Å². The molecule has 0 saturated carbocycles. The number of hydrogen-bond donors (Lipinski definition) is 2. The minimum absolute atomic E-state index is 0.0642. The molecule has 2 N–H and O–H groups in total. The van der Waals surface area contributed by atoms with Crippen LogP contribution in [0.1, 0.15) is 17.3 Å². The Hall–Kier alpha value is -4.64. The zero-order valence-corrected chi connectivity index (χ0v) is 18.2. The fourth-order valence-electron chi connectivity index (χ4n) is 3.31. The van der Waals surface area contributed by atoms with Gasteiger partial charge in [0.05, 0.1) is 15.8 Å². The van der Waals surface area contributed by atoms with E-state index in [1.807, 2.05) is 24.3 Å². The van der Waals surface area contributed by atoms with E-state index in [4.69, 9.17) is 14.0 Å². The maximum atomic E-state index is 12.8. The first-order chi connectivity index (χ1) is 16.3. The van der Waals surface area contributed by atoms with Crippen molar-refractivity contribution >= 4 is 44.5 Å². The molecule has 34 heavy (non-hydrogen) atoms. The summed E-state index contributed by atoms with van der Waals surface area (Å²) in [5.41, 5.74) is 0.114. The zero-order valence-electron chi connectivity index (χ0n) is 17.3. The molecular weight excluding hydrogens is 464 g/mol. The highest BCUT2D eigenvalue weighted by atomic mass is 32.1. The van der Waals surface area contributed by atoms with E-state index >= 15 is 0 Å². The Morgan fingerprint density at radius 3 is 2.50 bits per heavy atom. The minimum atomic E-state index is -1.05. The average Bonchev–Trinajstić information content (AvgIpc) is 3.36. The SMILES string of the molecule is CC(=O)Oc1cc2oc(=O)c(-c3nc4ccccc4s3)cc2cc1C(=O)On1c(O)ccc1O. The highest BCUT2D eigenvalue weighted by Crippen LogP contribution is 2.32. The maximum absolute atomic E-state index is 12.8. The van der Waals surface area contributed by atoms with Crippen LogP contribution in [0.4, 0.5) is 0 Å². The van der Waals surface area contributed by atoms with Crippen molar-refractivity contribution in [3.63, 3.8) is 0 Å². The Morgan fingerprint density at radius 2 is 1.79 bits per heavy atom. The molecule has 5 aromatic rings. The number of benzene rings is 2. The van der Waals surface area contributed by atoms with Crippen molar-refractivity contribution in [3.8, 4) is 28.1 Å². The van der Waals surface area contributed by atoms with Crippen LogP contribution in [0, 0.1) is 0 Å². The molecular formula is C23H14N2O8S. The van der Waals surface area contributed by atoms with Crippen molar-refractivity contribution in [1.82, 2.24) is 9.71 Å². The smallest absolute Gasteiger partial charge is 0.367 e. The topological polar surface area (TPSA) is 141 Å². The number of para-hydroxylation sites is 1. The lowest BCUT2D eigenvalue weighted by molar-refractivity contribution is -0.131. The number of aromatic nitrogens is 2. The van der Waals surface area contributed by atoms with Gasteiger partial charge >= 0.3 is 17.6 Å². The number of rotatable bonds is 4. The summed E-state index contributed by atoms with van der Waals surface area (Å²) in [6.07, 6.45) is 0. The van der Waals surface area contributed by atoms with E-state index in [2.05, 4.69) is 4.98 Å². The molecule has 0 aliphatic rings. The highest BCUT2D eigenvalue weighted by molar-refractivity contribution is 7.21. The molecule has 0 radical (unpaired) electrons. The van der Waals surface area contributed by atoms with Crippen LogP contribution in [0.5, 0.6) is 17.5 Å². The molecule has 0 amide bonds. The third kappa shape index (κ3) is 3.73. The number of esters is 1. The molecule has 0 spiro atoms. The summed E-state index contributed by atoms with van der Waals surface area (Å²) in [4.78, 5) is 46.6. The van der Waals surface area contributed by atoms with E-state index in [9.17, 15) is 24.6 Å². The molecule has 0 fully saturated rings. The van der Waals surface area contributed by atoms with E-state index in [0.717, 1.165) is 29.3 Å². The number of thiazole rings is 1. The molecule has 2 aromatic carbocycles. The summed E-state index contributed by atoms with van der Waals surface area (Å²) >= 11 is 1.31. The first-order valence-electron chi connectivity index (χ1n) is 9.79. The van der Waals surface area contributed by atoms with E-state index < -0.39 is 29.3 Å². The minimum Gasteiger partial charge on any atom is -0.492 e. The number of nitrogens with zero attached hydrogens (tertiary/aromatic N) is 2. The largest absolute Gasteiger partial charge is 0.492 e. The standard InChI is InChI=1S/C23H14N2O8S/c1-11(26)31-17-10-16-12(8-13(17)23(30)33-25-19(27)6-7-20(25)28)9-14(22(29)32-16)21-24-15-4-2-3-5-18(15)34-21/h2-10,27-28H,1H3. The molecule has 0 aliphatic carbocycles. The monoisotopic (exact) mass is 478 g/mol. The Balaban J connectivity index is 1.64. The quantitative estimate of drug-likeness (QED) is 0.226. The Morgan fingerprint density at radius 1 is 1.06 bits per heavy atom. The van der Waals surface area contributed by atoms with Crippen LogP contribution in [-0.4, -0.2) is 31.9 Å². The molecule has 10 nitrogen and oxygen atoms in total. The van der Waals surface area contributed by atoms with Crippen molar-refractivity contribution in [1.29, 1.82) is 0 Å². The molecule has 5 rings (SSSR count). The first kappa shape index (κ1) is 21.2. The van der Waals surface area contributed by atoms with E-state index in [-0.39, 0.29) is 22.5 Å². The number of carbonyl (C=O) groups is 2. The molecule has 0 aliphatic heterocycles. The second-order valence-corrected chi connectivity index (χ2v) is 8.17. The molecule has 0 unspecified atom stereocenters. The Kier molecular flexibility index (Phi) is 5.02. The molecule has 3 heterocycles. The summed E-state index contributed by atoms with van der Waals surface area (Å²) in [5, 5.41) is 20.3. The lowest BCUT2D eigenvalue weighted by Crippen LogP contribution is -2.20. The fourth-order valence-corrected chi connectivity index (χ4v) is 4.28. The van der Waals surface area contributed by atoms with Crippen molar-refractivity contribution in [2.45, 2.75) is 6.92 Å². The lowest BCUT2D eigenvalue weighted by atomic mass is 10.1. The van der Waals surface area contributed by atoms with Crippen molar-refractivity contribution in [3.05, 3.63) is 70.6 Å². The van der Waals surface area contributed by atoms with Crippen LogP contribution in [0.3, 0.4) is 0 Å². The molecule has 170 valence electrons. The number of fused-ring (bicyclic) bond motifs is 2. The van der Waals surface area contributed by atoms with Crippen LogP contribution in [-0.2, 0) is 4.79 Å². The number of carbonyl (C=O) groups excluding carboxylic acids is 2. The van der Waals surface area contributed by atoms with Gasteiger partial charge in [-0.05, 0) is 24.3 Å². The van der Waals surface area contributed by atoms with Gasteiger partial charge in [0.1, 0.15) is 21.9 Å². The highest BCUT2D eigenvalue weighted by Gasteiger charge is 2.22. The summed E-state index contributed by atoms with van der Waals surface area (Å²) < 4.78 is 11.9. The van der Waals surface area contributed by atoms with Crippen molar-refractivity contribution < 1.29 is 33.8 Å². The maximum Gasteiger partial charge on any atom is 0.367 e. The van der Waals surface area contributed by atoms with Gasteiger partial charge in [0.2, 0.25) is 11.8 Å². The van der Waals surface area contributed by atoms with Crippen molar-refractivity contribution in [2.75, 3.05) is 0 Å². The van der Waals surface area contributed by atoms with Gasteiger partial charge in [-0.15, -0.1) is 16.1 Å². The summed E-state index contributed by atoms with van der Waals surface area (Å²) in [6, 6.07) is 13.7. The third-order valence-electron chi connectivity index (χ3n) is 4.80. The van der Waals surface area contributed by atoms with Crippen LogP contribution in [0.25, 0.3) is 31.8 Å². The molecule has 0 saturated heterocycles. The van der Waals surface area contributed by atoms with E-state index in [1.165, 1.54) is 29.5 Å². The predicted molar refractivity (Wildman–Crippen MR) is 121 cm³/mol. The van der Waals surface area contributed by atoms with E-state index in [1.54, 1.807) is 0 Å². The average molecular weight is 478 g/mol. The van der Waals surface area contributed by atoms with Gasteiger partial charge in [0, 0.05) is 30.5 Å². The van der Waals surface area contributed by atoms with Crippen LogP contribution >= 0.6 is 11.3 Å². The van der Waals surface area contributed by atoms with E-state index in [0.29, 0.717) is 15.1 Å². The first-order valence-corrected chi connectivity index (χ1v) is 10.6. The summed E-state index contributed by atoms with van der Waals surface area (Å²) in [5.74, 6) is -3.05. The number of hydrogen-bond acceptors (Lipinski definition) is 10. The van der Waals surface area contributed by atoms with Gasteiger partial charge in [-0.1, -0.05) is 12.1 Å². The number of ether oxygens (including phenoxy) is 1. The van der Waals surface area contributed by atoms with Gasteiger partial charge in [0.15, 0.2) is 0 Å². The van der Waals surface area contributed by atoms with Crippen LogP contribution in [0.15, 0.2) is 63.8 Å². The Labute approximate surface area is 193 Å². The molecule has 11 heteroatoms. The summed E-state index contributed by atoms with van der Waals surface area (Å²) in [6.45, 7) is 1.13. The second-order valence-electron chi connectivity index (χ2n) is 7.14. The number of aromatic hydroxyl groups is 2. The molecule has 0 atom stereocenters. The van der Waals surface area contributed by atoms with Gasteiger partial charge in [-0.2, -0.15) is 0 Å². The second kappa shape index (κ2) is 8.05. The van der Waals surface area contributed by atoms with Gasteiger partial charge in [0.25, 0.3) is 0 Å². The van der Waals surface area contributed by atoms with Gasteiger partial charge in [-0.3, -0.25) is 4.79 Å². The van der Waals surface area contributed by atoms with Crippen molar-refractivity contribution in [2.24, 2.45) is 0 Å². The summed E-state index contributed by atoms with van der Waals surface area (Å²) in [7, 11) is 0. The van der Waals surface area contributed by atoms with Crippen LogP contribution < -0.4 is 15.2 Å². The zero-order chi connectivity index (χ0) is 24.0. The fraction of sp³-hybridized carbons (Fsp3) is 0.0435. The Bertz CT molecular complexity index is 1610. The van der Waals surface area contributed by atoms with Crippen LogP contribution in [0.2, 0.25) is 0 Å².